The Balaban J connectivity index is 1.65. The second kappa shape index (κ2) is 13.0. The highest BCUT2D eigenvalue weighted by molar-refractivity contribution is 6.35. The number of aromatic nitrogens is 1. The van der Waals surface area contributed by atoms with Crippen LogP contribution in [-0.2, 0) is 9.47 Å². The van der Waals surface area contributed by atoms with Crippen molar-refractivity contribution in [2.75, 3.05) is 38.4 Å². The summed E-state index contributed by atoms with van der Waals surface area (Å²) in [5, 5.41) is 7.18. The van der Waals surface area contributed by atoms with E-state index in [4.69, 9.17) is 32.5 Å². The topological polar surface area (TPSA) is 120 Å². The molecule has 0 atom stereocenters. The Bertz CT molecular complexity index is 867. The Hall–Kier alpha value is -2.20. The smallest absolute Gasteiger partial charge is 0.230 e. The first-order valence-corrected chi connectivity index (χ1v) is 12.2. The van der Waals surface area contributed by atoms with Gasteiger partial charge in [0, 0.05) is 43.6 Å². The van der Waals surface area contributed by atoms with E-state index < -0.39 is 5.54 Å². The van der Waals surface area contributed by atoms with Crippen LogP contribution in [0, 0.1) is 0 Å². The summed E-state index contributed by atoms with van der Waals surface area (Å²) in [5.41, 5.74) is 12.9. The first kappa shape index (κ1) is 26.4. The van der Waals surface area contributed by atoms with Gasteiger partial charge in [-0.2, -0.15) is 0 Å². The van der Waals surface area contributed by atoms with E-state index in [1.165, 1.54) is 6.20 Å². The molecule has 0 spiro atoms. The molecule has 1 saturated heterocycles. The Morgan fingerprint density at radius 1 is 1.32 bits per heavy atom. The summed E-state index contributed by atoms with van der Waals surface area (Å²) in [6.45, 7) is 5.47. The van der Waals surface area contributed by atoms with Gasteiger partial charge in [-0.1, -0.05) is 18.2 Å². The number of ether oxygens (including phenoxy) is 2. The lowest BCUT2D eigenvalue weighted by atomic mass is 9.91. The lowest BCUT2D eigenvalue weighted by Crippen LogP contribution is -2.48. The zero-order valence-corrected chi connectivity index (χ0v) is 20.3. The fraction of sp³-hybridized carbons (Fsp3) is 0.583. The lowest BCUT2D eigenvalue weighted by Gasteiger charge is -2.32. The minimum absolute atomic E-state index is 0.243. The average Bonchev–Trinajstić information content (AvgIpc) is 2.86. The SMILES string of the molecule is C=CC(=N/C(=C\N)OCC1(N)CCOCC1)c1cc(NC2CCC(NCCF)CC2)ncc1Cl. The largest absolute Gasteiger partial charge is 0.475 e. The van der Waals surface area contributed by atoms with Crippen molar-refractivity contribution in [2.24, 2.45) is 16.5 Å². The normalized spacial score (nSPS) is 23.4. The summed E-state index contributed by atoms with van der Waals surface area (Å²) in [6, 6.07) is 2.52. The van der Waals surface area contributed by atoms with Crippen LogP contribution in [0.1, 0.15) is 44.1 Å². The van der Waals surface area contributed by atoms with Crippen LogP contribution in [0.25, 0.3) is 0 Å². The zero-order chi connectivity index (χ0) is 24.4. The standard InChI is InChI=1S/C24H36ClFN6O2/c1-2-21(32-23(14-27)34-16-24(28)7-11-33-12-8-24)19-13-22(30-15-20(19)25)31-18-5-3-17(4-6-18)29-10-9-26/h2,13-15,17-18,29H,1,3-12,16,27-28H2,(H,30,31)/b23-14+,32-21?. The number of alkyl halides is 1. The summed E-state index contributed by atoms with van der Waals surface area (Å²) in [7, 11) is 0. The highest BCUT2D eigenvalue weighted by atomic mass is 35.5. The highest BCUT2D eigenvalue weighted by Crippen LogP contribution is 2.25. The number of rotatable bonds is 11. The predicted molar refractivity (Wildman–Crippen MR) is 135 cm³/mol. The van der Waals surface area contributed by atoms with E-state index in [-0.39, 0.29) is 25.2 Å². The molecule has 1 saturated carbocycles. The number of nitrogens with zero attached hydrogens (tertiary/aromatic N) is 2. The molecule has 2 fully saturated rings. The van der Waals surface area contributed by atoms with Crippen LogP contribution in [0.15, 0.2) is 42.0 Å². The quantitative estimate of drug-likeness (QED) is 0.275. The van der Waals surface area contributed by atoms with Crippen molar-refractivity contribution < 1.29 is 13.9 Å². The summed E-state index contributed by atoms with van der Waals surface area (Å²) in [6.07, 6.45) is 9.86. The zero-order valence-electron chi connectivity index (χ0n) is 19.6. The van der Waals surface area contributed by atoms with Gasteiger partial charge in [-0.3, -0.25) is 0 Å². The van der Waals surface area contributed by atoms with Gasteiger partial charge < -0.3 is 31.6 Å². The van der Waals surface area contributed by atoms with E-state index in [2.05, 4.69) is 27.2 Å². The molecular formula is C24H36ClFN6O2. The number of nitrogens with one attached hydrogen (secondary N) is 2. The van der Waals surface area contributed by atoms with E-state index in [9.17, 15) is 4.39 Å². The maximum absolute atomic E-state index is 12.4. The molecule has 34 heavy (non-hydrogen) atoms. The minimum atomic E-state index is -0.470. The fourth-order valence-corrected chi connectivity index (χ4v) is 4.42. The van der Waals surface area contributed by atoms with Gasteiger partial charge in [-0.05, 0) is 50.7 Å². The number of aliphatic imine (C=N–C) groups is 1. The Morgan fingerprint density at radius 3 is 2.68 bits per heavy atom. The third-order valence-corrected chi connectivity index (χ3v) is 6.60. The van der Waals surface area contributed by atoms with Crippen LogP contribution in [0.2, 0.25) is 5.02 Å². The minimum Gasteiger partial charge on any atom is -0.475 e. The molecule has 10 heteroatoms. The van der Waals surface area contributed by atoms with Gasteiger partial charge in [0.05, 0.1) is 22.5 Å². The highest BCUT2D eigenvalue weighted by Gasteiger charge is 2.29. The molecule has 3 rings (SSSR count). The maximum Gasteiger partial charge on any atom is 0.230 e. The Kier molecular flexibility index (Phi) is 10.1. The number of halogens is 2. The van der Waals surface area contributed by atoms with Gasteiger partial charge in [-0.15, -0.1) is 0 Å². The van der Waals surface area contributed by atoms with Crippen LogP contribution in [0.5, 0.6) is 0 Å². The number of nitrogens with two attached hydrogens (primary N) is 2. The molecule has 0 aromatic carbocycles. The average molecular weight is 495 g/mol. The number of hydrogen-bond donors (Lipinski definition) is 4. The van der Waals surface area contributed by atoms with Crippen LogP contribution < -0.4 is 22.1 Å². The van der Waals surface area contributed by atoms with Crippen molar-refractivity contribution in [3.05, 3.63) is 47.6 Å². The molecule has 0 radical (unpaired) electrons. The van der Waals surface area contributed by atoms with Gasteiger partial charge in [0.25, 0.3) is 0 Å². The van der Waals surface area contributed by atoms with E-state index >= 15 is 0 Å². The first-order chi connectivity index (χ1) is 16.5. The summed E-state index contributed by atoms with van der Waals surface area (Å²) in [5.74, 6) is 0.948. The predicted octanol–water partition coefficient (Wildman–Crippen LogP) is 3.27. The molecule has 2 heterocycles. The lowest BCUT2D eigenvalue weighted by molar-refractivity contribution is 0.0207. The third-order valence-electron chi connectivity index (χ3n) is 6.30. The van der Waals surface area contributed by atoms with Gasteiger partial charge in [0.2, 0.25) is 5.88 Å². The number of anilines is 1. The summed E-state index contributed by atoms with van der Waals surface area (Å²) >= 11 is 6.44. The first-order valence-electron chi connectivity index (χ1n) is 11.8. The molecule has 1 aromatic rings. The van der Waals surface area contributed by atoms with Gasteiger partial charge in [-0.25, -0.2) is 14.4 Å². The molecule has 1 aromatic heterocycles. The van der Waals surface area contributed by atoms with Gasteiger partial charge in [0.1, 0.15) is 19.1 Å². The molecule has 1 aliphatic heterocycles. The van der Waals surface area contributed by atoms with E-state index in [1.54, 1.807) is 12.3 Å². The van der Waals surface area contributed by atoms with Crippen LogP contribution in [-0.4, -0.2) is 61.4 Å². The Morgan fingerprint density at radius 2 is 2.03 bits per heavy atom. The monoisotopic (exact) mass is 494 g/mol. The molecule has 0 bridgehead atoms. The fourth-order valence-electron chi connectivity index (χ4n) is 4.22. The second-order valence-electron chi connectivity index (χ2n) is 8.85. The molecule has 8 nitrogen and oxygen atoms in total. The van der Waals surface area contributed by atoms with Gasteiger partial charge >= 0.3 is 0 Å². The number of pyridine rings is 1. The van der Waals surface area contributed by atoms with Gasteiger partial charge in [0.15, 0.2) is 0 Å². The molecule has 188 valence electrons. The molecule has 0 unspecified atom stereocenters. The van der Waals surface area contributed by atoms with Crippen molar-refractivity contribution in [1.29, 1.82) is 0 Å². The molecule has 1 aliphatic carbocycles. The van der Waals surface area contributed by atoms with Crippen molar-refractivity contribution >= 4 is 23.1 Å². The number of hydrogen-bond acceptors (Lipinski definition) is 8. The third kappa shape index (κ3) is 7.66. The van der Waals surface area contributed by atoms with Crippen LogP contribution >= 0.6 is 11.6 Å². The molecule has 0 amide bonds. The molecular weight excluding hydrogens is 459 g/mol. The van der Waals surface area contributed by atoms with Crippen molar-refractivity contribution in [2.45, 2.75) is 56.1 Å². The van der Waals surface area contributed by atoms with Crippen molar-refractivity contribution in [1.82, 2.24) is 10.3 Å². The van der Waals surface area contributed by atoms with E-state index in [0.717, 1.165) is 25.7 Å². The number of allylic oxidation sites excluding steroid dienone is 1. The summed E-state index contributed by atoms with van der Waals surface area (Å²) in [4.78, 5) is 8.96. The van der Waals surface area contributed by atoms with Crippen LogP contribution in [0.3, 0.4) is 0 Å². The Labute approximate surface area is 206 Å². The van der Waals surface area contributed by atoms with Crippen molar-refractivity contribution in [3.8, 4) is 0 Å². The van der Waals surface area contributed by atoms with E-state index in [0.29, 0.717) is 60.8 Å². The second-order valence-corrected chi connectivity index (χ2v) is 9.26. The molecule has 6 N–H and O–H groups in total. The van der Waals surface area contributed by atoms with E-state index in [1.807, 2.05) is 6.07 Å². The van der Waals surface area contributed by atoms with Crippen molar-refractivity contribution in [3.63, 3.8) is 0 Å². The summed E-state index contributed by atoms with van der Waals surface area (Å²) < 4.78 is 23.6. The van der Waals surface area contributed by atoms with Crippen LogP contribution in [0.4, 0.5) is 10.2 Å². The maximum atomic E-state index is 12.4. The molecule has 2 aliphatic rings.